The first-order valence-electron chi connectivity index (χ1n) is 6.85. The van der Waals surface area contributed by atoms with Crippen LogP contribution < -0.4 is 10.6 Å². The van der Waals surface area contributed by atoms with Crippen LogP contribution in [0.5, 0.6) is 0 Å². The first-order chi connectivity index (χ1) is 8.82. The number of hydrogen-bond acceptors (Lipinski definition) is 3. The van der Waals surface area contributed by atoms with Crippen LogP contribution in [0.15, 0.2) is 0 Å². The number of ether oxygens (including phenoxy) is 1. The Morgan fingerprint density at radius 3 is 2.05 bits per heavy atom. The van der Waals surface area contributed by atoms with Crippen molar-refractivity contribution in [3.63, 3.8) is 0 Å². The van der Waals surface area contributed by atoms with Crippen LogP contribution in [0.4, 0.5) is 9.59 Å². The lowest BCUT2D eigenvalue weighted by Gasteiger charge is -2.32. The predicted molar refractivity (Wildman–Crippen MR) is 79.7 cm³/mol. The third-order valence-corrected chi connectivity index (χ3v) is 2.23. The second-order valence-electron chi connectivity index (χ2n) is 6.97. The summed E-state index contributed by atoms with van der Waals surface area (Å²) in [6.45, 7) is 13.3. The van der Waals surface area contributed by atoms with E-state index in [4.69, 9.17) is 4.74 Å². The summed E-state index contributed by atoms with van der Waals surface area (Å²) < 4.78 is 5.21. The zero-order valence-electron chi connectivity index (χ0n) is 14.0. The van der Waals surface area contributed by atoms with E-state index >= 15 is 0 Å². The zero-order valence-corrected chi connectivity index (χ0v) is 14.0. The van der Waals surface area contributed by atoms with Gasteiger partial charge in [0.1, 0.15) is 5.60 Å². The quantitative estimate of drug-likeness (QED) is 0.833. The molecule has 0 atom stereocenters. The molecule has 0 unspecified atom stereocenters. The summed E-state index contributed by atoms with van der Waals surface area (Å²) in [5.41, 5.74) is -1.12. The highest BCUT2D eigenvalue weighted by Gasteiger charge is 2.27. The minimum Gasteiger partial charge on any atom is -0.444 e. The normalized spacial score (nSPS) is 12.1. The fraction of sp³-hybridized carbons (Fsp3) is 0.857. The van der Waals surface area contributed by atoms with Gasteiger partial charge in [0.2, 0.25) is 0 Å². The van der Waals surface area contributed by atoms with Gasteiger partial charge in [0.05, 0.1) is 5.54 Å². The second kappa shape index (κ2) is 6.81. The molecule has 0 aliphatic carbocycles. The molecule has 0 aromatic heterocycles. The number of amides is 3. The van der Waals surface area contributed by atoms with Gasteiger partial charge in [-0.25, -0.2) is 9.59 Å². The Kier molecular flexibility index (Phi) is 6.32. The number of urea groups is 1. The fourth-order valence-corrected chi connectivity index (χ4v) is 1.64. The van der Waals surface area contributed by atoms with Crippen LogP contribution in [0, 0.1) is 0 Å². The van der Waals surface area contributed by atoms with Gasteiger partial charge in [0.15, 0.2) is 0 Å². The minimum atomic E-state index is -0.578. The van der Waals surface area contributed by atoms with E-state index < -0.39 is 17.2 Å². The molecule has 0 radical (unpaired) electrons. The van der Waals surface area contributed by atoms with Crippen molar-refractivity contribution in [3.05, 3.63) is 0 Å². The van der Waals surface area contributed by atoms with E-state index in [9.17, 15) is 9.59 Å². The van der Waals surface area contributed by atoms with Gasteiger partial charge in [0, 0.05) is 19.6 Å². The number of alkyl carbamates (subject to hydrolysis) is 1. The highest BCUT2D eigenvalue weighted by atomic mass is 16.6. The molecule has 6 nitrogen and oxygen atoms in total. The van der Waals surface area contributed by atoms with Crippen LogP contribution in [0.1, 0.15) is 48.5 Å². The van der Waals surface area contributed by atoms with Crippen LogP contribution in [0.2, 0.25) is 0 Å². The Hall–Kier alpha value is -1.46. The van der Waals surface area contributed by atoms with Crippen molar-refractivity contribution in [2.75, 3.05) is 13.6 Å². The van der Waals surface area contributed by atoms with Crippen LogP contribution in [-0.4, -0.2) is 47.8 Å². The molecule has 0 bridgehead atoms. The molecular weight excluding hydrogens is 258 g/mol. The molecule has 0 saturated carbocycles. The lowest BCUT2D eigenvalue weighted by molar-refractivity contribution is 0.0458. The topological polar surface area (TPSA) is 70.7 Å². The highest BCUT2D eigenvalue weighted by molar-refractivity contribution is 5.74. The second-order valence-corrected chi connectivity index (χ2v) is 6.97. The zero-order chi connectivity index (χ0) is 16.1. The number of rotatable bonds is 4. The minimum absolute atomic E-state index is 0.0758. The summed E-state index contributed by atoms with van der Waals surface area (Å²) >= 11 is 0. The number of likely N-dealkylation sites (N-methyl/N-ethyl adjacent to an activating group) is 1. The molecule has 0 rings (SSSR count). The molecule has 0 aromatic carbocycles. The molecule has 0 heterocycles. The van der Waals surface area contributed by atoms with Crippen molar-refractivity contribution in [1.29, 1.82) is 0 Å². The smallest absolute Gasteiger partial charge is 0.408 e. The Bertz CT molecular complexity index is 346. The molecule has 0 aliphatic rings. The van der Waals surface area contributed by atoms with E-state index in [1.54, 1.807) is 7.05 Å². The largest absolute Gasteiger partial charge is 0.444 e. The van der Waals surface area contributed by atoms with Gasteiger partial charge in [-0.05, 0) is 48.5 Å². The third kappa shape index (κ3) is 8.61. The van der Waals surface area contributed by atoms with E-state index in [-0.39, 0.29) is 12.1 Å². The predicted octanol–water partition coefficient (Wildman–Crippen LogP) is 2.34. The highest BCUT2D eigenvalue weighted by Crippen LogP contribution is 2.10. The average molecular weight is 287 g/mol. The van der Waals surface area contributed by atoms with Crippen molar-refractivity contribution >= 4 is 12.1 Å². The standard InChI is InChI=1S/C14H29N3O3/c1-10(2)15-11(18)17(8)9-14(6,7)16-12(19)20-13(3,4)5/h10H,9H2,1-8H3,(H,15,18)(H,16,19). The Balaban J connectivity index is 4.44. The van der Waals surface area contributed by atoms with E-state index in [2.05, 4.69) is 10.6 Å². The molecule has 6 heteroatoms. The Morgan fingerprint density at radius 1 is 1.15 bits per heavy atom. The average Bonchev–Trinajstić information content (AvgIpc) is 2.10. The van der Waals surface area contributed by atoms with E-state index in [1.807, 2.05) is 48.5 Å². The van der Waals surface area contributed by atoms with Crippen LogP contribution in [0.3, 0.4) is 0 Å². The fourth-order valence-electron chi connectivity index (χ4n) is 1.64. The van der Waals surface area contributed by atoms with Gasteiger partial charge < -0.3 is 20.3 Å². The van der Waals surface area contributed by atoms with Gasteiger partial charge in [-0.15, -0.1) is 0 Å². The number of nitrogens with zero attached hydrogens (tertiary/aromatic N) is 1. The molecule has 0 fully saturated rings. The number of carbonyl (C=O) groups excluding carboxylic acids is 2. The van der Waals surface area contributed by atoms with Gasteiger partial charge >= 0.3 is 12.1 Å². The lowest BCUT2D eigenvalue weighted by Crippen LogP contribution is -2.54. The summed E-state index contributed by atoms with van der Waals surface area (Å²) in [7, 11) is 1.69. The Morgan fingerprint density at radius 2 is 1.65 bits per heavy atom. The van der Waals surface area contributed by atoms with Crippen molar-refractivity contribution in [2.24, 2.45) is 0 Å². The molecular formula is C14H29N3O3. The molecule has 0 spiro atoms. The SMILES string of the molecule is CC(C)NC(=O)N(C)CC(C)(C)NC(=O)OC(C)(C)C. The molecule has 118 valence electrons. The van der Waals surface area contributed by atoms with Gasteiger partial charge in [-0.3, -0.25) is 0 Å². The van der Waals surface area contributed by atoms with Gasteiger partial charge in [-0.1, -0.05) is 0 Å². The summed E-state index contributed by atoms with van der Waals surface area (Å²) in [6.07, 6.45) is -0.486. The monoisotopic (exact) mass is 287 g/mol. The van der Waals surface area contributed by atoms with Crippen LogP contribution in [-0.2, 0) is 4.74 Å². The molecule has 3 amide bonds. The first-order valence-corrected chi connectivity index (χ1v) is 6.85. The maximum absolute atomic E-state index is 11.8. The van der Waals surface area contributed by atoms with Gasteiger partial charge in [0.25, 0.3) is 0 Å². The third-order valence-electron chi connectivity index (χ3n) is 2.23. The van der Waals surface area contributed by atoms with Crippen LogP contribution >= 0.6 is 0 Å². The number of hydrogen-bond donors (Lipinski definition) is 2. The van der Waals surface area contributed by atoms with Crippen molar-refractivity contribution in [2.45, 2.75) is 65.6 Å². The van der Waals surface area contributed by atoms with E-state index in [0.29, 0.717) is 6.54 Å². The molecule has 2 N–H and O–H groups in total. The van der Waals surface area contributed by atoms with Crippen molar-refractivity contribution in [1.82, 2.24) is 15.5 Å². The molecule has 0 aliphatic heterocycles. The summed E-state index contributed by atoms with van der Waals surface area (Å²) in [5.74, 6) is 0. The number of carbonyl (C=O) groups is 2. The first kappa shape index (κ1) is 18.5. The summed E-state index contributed by atoms with van der Waals surface area (Å²) in [4.78, 5) is 25.1. The molecule has 0 saturated heterocycles. The maximum Gasteiger partial charge on any atom is 0.408 e. The Labute approximate surface area is 122 Å². The van der Waals surface area contributed by atoms with E-state index in [1.165, 1.54) is 4.90 Å². The van der Waals surface area contributed by atoms with Crippen molar-refractivity contribution in [3.8, 4) is 0 Å². The molecule has 20 heavy (non-hydrogen) atoms. The van der Waals surface area contributed by atoms with Crippen LogP contribution in [0.25, 0.3) is 0 Å². The van der Waals surface area contributed by atoms with Crippen molar-refractivity contribution < 1.29 is 14.3 Å². The van der Waals surface area contributed by atoms with Gasteiger partial charge in [-0.2, -0.15) is 0 Å². The lowest BCUT2D eigenvalue weighted by atomic mass is 10.1. The summed E-state index contributed by atoms with van der Waals surface area (Å²) in [6, 6.07) is -0.0917. The van der Waals surface area contributed by atoms with E-state index in [0.717, 1.165) is 0 Å². The molecule has 0 aromatic rings. The maximum atomic E-state index is 11.8. The summed E-state index contributed by atoms with van der Waals surface area (Å²) in [5, 5.41) is 5.57. The number of nitrogens with one attached hydrogen (secondary N) is 2.